The van der Waals surface area contributed by atoms with Crippen LogP contribution in [0.3, 0.4) is 0 Å². The molecule has 0 aromatic heterocycles. The third-order valence-electron chi connectivity index (χ3n) is 3.26. The van der Waals surface area contributed by atoms with Gasteiger partial charge >= 0.3 is 0 Å². The lowest BCUT2D eigenvalue weighted by Crippen LogP contribution is -2.42. The summed E-state index contributed by atoms with van der Waals surface area (Å²) < 4.78 is 0. The minimum atomic E-state index is -0.145. The van der Waals surface area contributed by atoms with Crippen LogP contribution >= 0.6 is 0 Å². The zero-order valence-electron chi connectivity index (χ0n) is 11.1. The first-order valence-corrected chi connectivity index (χ1v) is 6.49. The molecule has 1 aliphatic heterocycles. The van der Waals surface area contributed by atoms with Gasteiger partial charge in [0.25, 0.3) is 5.91 Å². The number of hydrogen-bond acceptors (Lipinski definition) is 3. The molecule has 5 nitrogen and oxygen atoms in total. The lowest BCUT2D eigenvalue weighted by atomic mass is 10.0. The monoisotopic (exact) mass is 261 g/mol. The number of anilines is 1. The van der Waals surface area contributed by atoms with Crippen LogP contribution < -0.4 is 11.1 Å². The summed E-state index contributed by atoms with van der Waals surface area (Å²) in [6.07, 6.45) is 1.69. The smallest absolute Gasteiger partial charge is 0.253 e. The van der Waals surface area contributed by atoms with Crippen molar-refractivity contribution in [3.63, 3.8) is 0 Å². The second kappa shape index (κ2) is 5.84. The van der Waals surface area contributed by atoms with Gasteiger partial charge in [-0.1, -0.05) is 6.07 Å². The zero-order chi connectivity index (χ0) is 13.8. The first kappa shape index (κ1) is 13.5. The van der Waals surface area contributed by atoms with Crippen molar-refractivity contribution in [2.45, 2.75) is 25.8 Å². The maximum Gasteiger partial charge on any atom is 0.253 e. The van der Waals surface area contributed by atoms with E-state index in [1.54, 1.807) is 24.3 Å². The van der Waals surface area contributed by atoms with Crippen molar-refractivity contribution in [3.8, 4) is 0 Å². The first-order valence-electron chi connectivity index (χ1n) is 6.49. The van der Waals surface area contributed by atoms with Gasteiger partial charge in [-0.15, -0.1) is 0 Å². The molecule has 19 heavy (non-hydrogen) atoms. The fourth-order valence-corrected chi connectivity index (χ4v) is 2.22. The van der Waals surface area contributed by atoms with Crippen LogP contribution in [-0.4, -0.2) is 35.8 Å². The van der Waals surface area contributed by atoms with Gasteiger partial charge in [0.2, 0.25) is 5.91 Å². The fourth-order valence-electron chi connectivity index (χ4n) is 2.22. The first-order chi connectivity index (χ1) is 9.06. The number of rotatable bonds is 2. The Bertz CT molecular complexity index is 479. The molecular weight excluding hydrogens is 242 g/mol. The van der Waals surface area contributed by atoms with E-state index < -0.39 is 0 Å². The maximum absolute atomic E-state index is 12.3. The van der Waals surface area contributed by atoms with E-state index in [-0.39, 0.29) is 17.9 Å². The van der Waals surface area contributed by atoms with E-state index in [0.717, 1.165) is 12.8 Å². The second-order valence-electron chi connectivity index (χ2n) is 4.89. The van der Waals surface area contributed by atoms with Crippen LogP contribution in [0.4, 0.5) is 5.69 Å². The maximum atomic E-state index is 12.3. The van der Waals surface area contributed by atoms with Crippen LogP contribution in [0.2, 0.25) is 0 Å². The third kappa shape index (κ3) is 3.54. The summed E-state index contributed by atoms with van der Waals surface area (Å²) in [5.74, 6) is -0.146. The van der Waals surface area contributed by atoms with Gasteiger partial charge < -0.3 is 16.0 Å². The number of hydrogen-bond donors (Lipinski definition) is 2. The van der Waals surface area contributed by atoms with Crippen molar-refractivity contribution < 1.29 is 9.59 Å². The Hall–Kier alpha value is -1.88. The van der Waals surface area contributed by atoms with E-state index in [2.05, 4.69) is 5.32 Å². The highest BCUT2D eigenvalue weighted by molar-refractivity contribution is 5.96. The summed E-state index contributed by atoms with van der Waals surface area (Å²) in [7, 11) is 0. The van der Waals surface area contributed by atoms with Gasteiger partial charge in [-0.3, -0.25) is 9.59 Å². The van der Waals surface area contributed by atoms with Gasteiger partial charge in [-0.25, -0.2) is 0 Å². The number of nitrogens with two attached hydrogens (primary N) is 1. The molecule has 0 aliphatic carbocycles. The van der Waals surface area contributed by atoms with E-state index in [4.69, 9.17) is 5.73 Å². The van der Waals surface area contributed by atoms with Crippen molar-refractivity contribution in [3.05, 3.63) is 29.8 Å². The van der Waals surface area contributed by atoms with E-state index in [1.165, 1.54) is 6.92 Å². The summed E-state index contributed by atoms with van der Waals surface area (Å²) in [5.41, 5.74) is 7.07. The standard InChI is InChI=1S/C14H19N3O2/c1-10(18)16-13-4-2-3-11(9-13)14(19)17-7-5-12(15)6-8-17/h2-4,9,12H,5-8,15H2,1H3,(H,16,18). The summed E-state index contributed by atoms with van der Waals surface area (Å²) in [5, 5.41) is 2.68. The van der Waals surface area contributed by atoms with E-state index in [0.29, 0.717) is 24.3 Å². The molecule has 5 heteroatoms. The predicted octanol–water partition coefficient (Wildman–Crippen LogP) is 1.21. The fraction of sp³-hybridized carbons (Fsp3) is 0.429. The minimum Gasteiger partial charge on any atom is -0.339 e. The molecule has 0 spiro atoms. The Kier molecular flexibility index (Phi) is 4.16. The van der Waals surface area contributed by atoms with Gasteiger partial charge in [-0.05, 0) is 31.0 Å². The Morgan fingerprint density at radius 3 is 2.63 bits per heavy atom. The molecule has 1 aromatic carbocycles. The van der Waals surface area contributed by atoms with Crippen LogP contribution in [0.15, 0.2) is 24.3 Å². The van der Waals surface area contributed by atoms with Crippen LogP contribution in [0.5, 0.6) is 0 Å². The molecule has 2 amide bonds. The second-order valence-corrected chi connectivity index (χ2v) is 4.89. The number of likely N-dealkylation sites (tertiary alicyclic amines) is 1. The predicted molar refractivity (Wildman–Crippen MR) is 73.9 cm³/mol. The molecular formula is C14H19N3O2. The van der Waals surface area contributed by atoms with Crippen LogP contribution in [0, 0.1) is 0 Å². The molecule has 3 N–H and O–H groups in total. The summed E-state index contributed by atoms with van der Waals surface area (Å²) in [6, 6.07) is 7.22. The molecule has 0 radical (unpaired) electrons. The van der Waals surface area contributed by atoms with Crippen LogP contribution in [0.25, 0.3) is 0 Å². The normalized spacial score (nSPS) is 16.2. The van der Waals surface area contributed by atoms with Crippen molar-refractivity contribution in [2.24, 2.45) is 5.73 Å². The molecule has 0 atom stereocenters. The molecule has 1 heterocycles. The Balaban J connectivity index is 2.08. The van der Waals surface area contributed by atoms with E-state index >= 15 is 0 Å². The lowest BCUT2D eigenvalue weighted by Gasteiger charge is -2.30. The SMILES string of the molecule is CC(=O)Nc1cccc(C(=O)N2CCC(N)CC2)c1. The quantitative estimate of drug-likeness (QED) is 0.840. The van der Waals surface area contributed by atoms with Gasteiger partial charge in [0, 0.05) is 37.3 Å². The molecule has 0 unspecified atom stereocenters. The van der Waals surface area contributed by atoms with Crippen LogP contribution in [-0.2, 0) is 4.79 Å². The molecule has 0 bridgehead atoms. The number of piperidine rings is 1. The Morgan fingerprint density at radius 1 is 1.32 bits per heavy atom. The van der Waals surface area contributed by atoms with Crippen molar-refractivity contribution in [1.29, 1.82) is 0 Å². The number of nitrogens with one attached hydrogen (secondary N) is 1. The average Bonchev–Trinajstić information content (AvgIpc) is 2.38. The molecule has 2 rings (SSSR count). The molecule has 0 saturated carbocycles. The summed E-state index contributed by atoms with van der Waals surface area (Å²) in [4.78, 5) is 25.1. The number of nitrogens with zero attached hydrogens (tertiary/aromatic N) is 1. The molecule has 1 aliphatic rings. The average molecular weight is 261 g/mol. The number of benzene rings is 1. The lowest BCUT2D eigenvalue weighted by molar-refractivity contribution is -0.114. The van der Waals surface area contributed by atoms with Crippen molar-refractivity contribution >= 4 is 17.5 Å². The number of carbonyl (C=O) groups is 2. The third-order valence-corrected chi connectivity index (χ3v) is 3.26. The topological polar surface area (TPSA) is 75.4 Å². The molecule has 1 fully saturated rings. The summed E-state index contributed by atoms with van der Waals surface area (Å²) >= 11 is 0. The molecule has 1 saturated heterocycles. The number of carbonyl (C=O) groups excluding carboxylic acids is 2. The van der Waals surface area contributed by atoms with E-state index in [1.807, 2.05) is 4.90 Å². The van der Waals surface area contributed by atoms with Gasteiger partial charge in [-0.2, -0.15) is 0 Å². The van der Waals surface area contributed by atoms with Crippen molar-refractivity contribution in [2.75, 3.05) is 18.4 Å². The summed E-state index contributed by atoms with van der Waals surface area (Å²) in [6.45, 7) is 2.84. The van der Waals surface area contributed by atoms with E-state index in [9.17, 15) is 9.59 Å². The highest BCUT2D eigenvalue weighted by Crippen LogP contribution is 2.16. The molecule has 1 aromatic rings. The Morgan fingerprint density at radius 2 is 2.00 bits per heavy atom. The number of amides is 2. The van der Waals surface area contributed by atoms with Crippen molar-refractivity contribution in [1.82, 2.24) is 4.90 Å². The largest absolute Gasteiger partial charge is 0.339 e. The molecule has 102 valence electrons. The zero-order valence-corrected chi connectivity index (χ0v) is 11.1. The Labute approximate surface area is 112 Å². The van der Waals surface area contributed by atoms with Gasteiger partial charge in [0.15, 0.2) is 0 Å². The van der Waals surface area contributed by atoms with Gasteiger partial charge in [0.1, 0.15) is 0 Å². The van der Waals surface area contributed by atoms with Gasteiger partial charge in [0.05, 0.1) is 0 Å². The highest BCUT2D eigenvalue weighted by Gasteiger charge is 2.21. The van der Waals surface area contributed by atoms with Crippen LogP contribution in [0.1, 0.15) is 30.1 Å². The highest BCUT2D eigenvalue weighted by atomic mass is 16.2. The minimum absolute atomic E-state index is 0.000831.